The molecule has 0 unspecified atom stereocenters. The number of hydrogen-bond acceptors (Lipinski definition) is 5. The maximum Gasteiger partial charge on any atom is 0.328 e. The Hall–Kier alpha value is -2.38. The fraction of sp³-hybridized carbons (Fsp3) is 0.312. The van der Waals surface area contributed by atoms with Crippen LogP contribution in [0.4, 0.5) is 5.95 Å². The van der Waals surface area contributed by atoms with E-state index in [0.29, 0.717) is 35.2 Å². The predicted octanol–water partition coefficient (Wildman–Crippen LogP) is 1.97. The minimum atomic E-state index is -0.223. The summed E-state index contributed by atoms with van der Waals surface area (Å²) in [5, 5.41) is 3.79. The molecule has 0 fully saturated rings. The lowest BCUT2D eigenvalue weighted by Crippen LogP contribution is -2.18. The SMILES string of the molecule is NCCCCNc1ncc2[nH]c(=O)n(Cc3cccc(Cl)c3)c2n1. The highest BCUT2D eigenvalue weighted by atomic mass is 35.5. The van der Waals surface area contributed by atoms with Crippen molar-refractivity contribution in [1.29, 1.82) is 0 Å². The molecule has 0 amide bonds. The molecule has 0 atom stereocenters. The van der Waals surface area contributed by atoms with Gasteiger partial charge in [0.15, 0.2) is 5.65 Å². The van der Waals surface area contributed by atoms with E-state index < -0.39 is 0 Å². The molecule has 126 valence electrons. The number of H-pyrrole nitrogens is 1. The van der Waals surface area contributed by atoms with Gasteiger partial charge in [-0.05, 0) is 37.1 Å². The fourth-order valence-electron chi connectivity index (χ4n) is 2.46. The molecule has 0 aliphatic heterocycles. The summed E-state index contributed by atoms with van der Waals surface area (Å²) in [6, 6.07) is 7.41. The molecular weight excluding hydrogens is 328 g/mol. The highest BCUT2D eigenvalue weighted by Gasteiger charge is 2.10. The zero-order valence-corrected chi connectivity index (χ0v) is 13.9. The second kappa shape index (κ2) is 7.46. The van der Waals surface area contributed by atoms with Gasteiger partial charge < -0.3 is 16.0 Å². The van der Waals surface area contributed by atoms with Gasteiger partial charge in [0.2, 0.25) is 5.95 Å². The van der Waals surface area contributed by atoms with Crippen LogP contribution in [0, 0.1) is 0 Å². The number of aromatic nitrogens is 4. The lowest BCUT2D eigenvalue weighted by molar-refractivity contribution is 0.765. The maximum absolute atomic E-state index is 12.2. The van der Waals surface area contributed by atoms with Gasteiger partial charge in [0.25, 0.3) is 0 Å². The Kier molecular flexibility index (Phi) is 5.12. The summed E-state index contributed by atoms with van der Waals surface area (Å²) >= 11 is 6.01. The van der Waals surface area contributed by atoms with Crippen molar-refractivity contribution in [3.05, 3.63) is 51.5 Å². The number of hydrogen-bond donors (Lipinski definition) is 3. The zero-order valence-electron chi connectivity index (χ0n) is 13.1. The number of aromatic amines is 1. The van der Waals surface area contributed by atoms with Gasteiger partial charge in [0.1, 0.15) is 5.52 Å². The normalized spacial score (nSPS) is 11.1. The van der Waals surface area contributed by atoms with Crippen molar-refractivity contribution in [2.24, 2.45) is 5.73 Å². The molecule has 1 aromatic carbocycles. The first-order chi connectivity index (χ1) is 11.7. The molecule has 24 heavy (non-hydrogen) atoms. The lowest BCUT2D eigenvalue weighted by atomic mass is 10.2. The molecule has 3 rings (SSSR count). The topological polar surface area (TPSA) is 102 Å². The van der Waals surface area contributed by atoms with Gasteiger partial charge in [-0.3, -0.25) is 4.57 Å². The molecule has 0 saturated carbocycles. The minimum absolute atomic E-state index is 0.223. The molecule has 0 bridgehead atoms. The first-order valence-corrected chi connectivity index (χ1v) is 8.19. The standard InChI is InChI=1S/C16H19ClN6O/c17-12-5-3-4-11(8-12)10-23-14-13(21-16(23)24)9-20-15(22-14)19-7-2-1-6-18/h3-5,8-9H,1-2,6-7,10,18H2,(H,21,24)(H,19,20,22). The average molecular weight is 347 g/mol. The van der Waals surface area contributed by atoms with E-state index in [0.717, 1.165) is 24.9 Å². The number of nitrogens with two attached hydrogens (primary N) is 1. The van der Waals surface area contributed by atoms with Crippen LogP contribution in [0.3, 0.4) is 0 Å². The number of benzene rings is 1. The molecule has 0 aliphatic carbocycles. The van der Waals surface area contributed by atoms with Crippen LogP contribution in [0.1, 0.15) is 18.4 Å². The molecule has 0 radical (unpaired) electrons. The Bertz CT molecular complexity index is 888. The van der Waals surface area contributed by atoms with Crippen molar-refractivity contribution in [1.82, 2.24) is 19.5 Å². The number of halogens is 1. The van der Waals surface area contributed by atoms with E-state index in [4.69, 9.17) is 17.3 Å². The Morgan fingerprint density at radius 3 is 3.00 bits per heavy atom. The van der Waals surface area contributed by atoms with Gasteiger partial charge in [-0.2, -0.15) is 4.98 Å². The fourth-order valence-corrected chi connectivity index (χ4v) is 2.68. The van der Waals surface area contributed by atoms with Gasteiger partial charge >= 0.3 is 5.69 Å². The summed E-state index contributed by atoms with van der Waals surface area (Å²) in [4.78, 5) is 23.7. The molecule has 4 N–H and O–H groups in total. The smallest absolute Gasteiger partial charge is 0.328 e. The van der Waals surface area contributed by atoms with Gasteiger partial charge in [-0.1, -0.05) is 23.7 Å². The predicted molar refractivity (Wildman–Crippen MR) is 95.5 cm³/mol. The van der Waals surface area contributed by atoms with Crippen molar-refractivity contribution in [3.8, 4) is 0 Å². The monoisotopic (exact) mass is 346 g/mol. The van der Waals surface area contributed by atoms with E-state index in [-0.39, 0.29) is 5.69 Å². The third-order valence-corrected chi connectivity index (χ3v) is 3.89. The number of imidazole rings is 1. The number of anilines is 1. The third kappa shape index (κ3) is 3.74. The van der Waals surface area contributed by atoms with Gasteiger partial charge in [-0.15, -0.1) is 0 Å². The van der Waals surface area contributed by atoms with Gasteiger partial charge in [0.05, 0.1) is 12.7 Å². The van der Waals surface area contributed by atoms with E-state index >= 15 is 0 Å². The number of unbranched alkanes of at least 4 members (excludes halogenated alkanes) is 1. The van der Waals surface area contributed by atoms with E-state index in [1.165, 1.54) is 0 Å². The molecule has 2 aromatic heterocycles. The van der Waals surface area contributed by atoms with Crippen LogP contribution in [0.25, 0.3) is 11.2 Å². The number of rotatable bonds is 7. The van der Waals surface area contributed by atoms with E-state index in [1.54, 1.807) is 16.8 Å². The summed E-state index contributed by atoms with van der Waals surface area (Å²) in [6.45, 7) is 1.80. The zero-order chi connectivity index (χ0) is 16.9. The van der Waals surface area contributed by atoms with E-state index in [1.807, 2.05) is 18.2 Å². The highest BCUT2D eigenvalue weighted by molar-refractivity contribution is 6.30. The second-order valence-electron chi connectivity index (χ2n) is 5.50. The first kappa shape index (κ1) is 16.5. The van der Waals surface area contributed by atoms with Gasteiger partial charge in [0, 0.05) is 11.6 Å². The summed E-state index contributed by atoms with van der Waals surface area (Å²) in [5.74, 6) is 0.498. The van der Waals surface area contributed by atoms with Crippen molar-refractivity contribution < 1.29 is 0 Å². The van der Waals surface area contributed by atoms with E-state index in [2.05, 4.69) is 20.3 Å². The summed E-state index contributed by atoms with van der Waals surface area (Å²) in [6.07, 6.45) is 3.50. The summed E-state index contributed by atoms with van der Waals surface area (Å²) in [5.41, 5.74) is 7.36. The Morgan fingerprint density at radius 2 is 2.21 bits per heavy atom. The largest absolute Gasteiger partial charge is 0.354 e. The molecule has 0 aliphatic rings. The third-order valence-electron chi connectivity index (χ3n) is 3.65. The minimum Gasteiger partial charge on any atom is -0.354 e. The van der Waals surface area contributed by atoms with Crippen molar-refractivity contribution in [3.63, 3.8) is 0 Å². The van der Waals surface area contributed by atoms with E-state index in [9.17, 15) is 4.79 Å². The quantitative estimate of drug-likeness (QED) is 0.568. The Balaban J connectivity index is 1.86. The summed E-state index contributed by atoms with van der Waals surface area (Å²) in [7, 11) is 0. The number of nitrogens with one attached hydrogen (secondary N) is 2. The van der Waals surface area contributed by atoms with Crippen LogP contribution >= 0.6 is 11.6 Å². The maximum atomic E-state index is 12.2. The molecular formula is C16H19ClN6O. The first-order valence-electron chi connectivity index (χ1n) is 7.81. The molecule has 0 saturated heterocycles. The van der Waals surface area contributed by atoms with Crippen LogP contribution in [-0.2, 0) is 6.54 Å². The van der Waals surface area contributed by atoms with Crippen LogP contribution in [0.2, 0.25) is 5.02 Å². The highest BCUT2D eigenvalue weighted by Crippen LogP contribution is 2.14. The Morgan fingerprint density at radius 1 is 1.33 bits per heavy atom. The van der Waals surface area contributed by atoms with Crippen molar-refractivity contribution in [2.75, 3.05) is 18.4 Å². The lowest BCUT2D eigenvalue weighted by Gasteiger charge is -2.06. The number of fused-ring (bicyclic) bond motifs is 1. The average Bonchev–Trinajstić information content (AvgIpc) is 2.87. The van der Waals surface area contributed by atoms with Crippen molar-refractivity contribution >= 4 is 28.7 Å². The van der Waals surface area contributed by atoms with Gasteiger partial charge in [-0.25, -0.2) is 9.78 Å². The molecule has 8 heteroatoms. The van der Waals surface area contributed by atoms with Crippen LogP contribution < -0.4 is 16.7 Å². The molecule has 2 heterocycles. The number of nitrogens with zero attached hydrogens (tertiary/aromatic N) is 3. The van der Waals surface area contributed by atoms with Crippen LogP contribution in [0.5, 0.6) is 0 Å². The molecule has 0 spiro atoms. The van der Waals surface area contributed by atoms with Crippen molar-refractivity contribution in [2.45, 2.75) is 19.4 Å². The Labute approximate surface area is 143 Å². The molecule has 7 nitrogen and oxygen atoms in total. The summed E-state index contributed by atoms with van der Waals surface area (Å²) < 4.78 is 1.58. The van der Waals surface area contributed by atoms with Crippen LogP contribution in [-0.4, -0.2) is 32.6 Å². The van der Waals surface area contributed by atoms with Crippen LogP contribution in [0.15, 0.2) is 35.3 Å². The molecule has 3 aromatic rings. The second-order valence-corrected chi connectivity index (χ2v) is 5.94.